The molecule has 0 aliphatic carbocycles. The molecule has 5 atom stereocenters. The van der Waals surface area contributed by atoms with Crippen molar-refractivity contribution in [3.63, 3.8) is 0 Å². The van der Waals surface area contributed by atoms with Crippen LogP contribution in [-0.2, 0) is 4.74 Å². The fourth-order valence-electron chi connectivity index (χ4n) is 1.33. The molecule has 0 spiro atoms. The summed E-state index contributed by atoms with van der Waals surface area (Å²) in [4.78, 5) is 0. The van der Waals surface area contributed by atoms with Crippen LogP contribution in [0.5, 0.6) is 0 Å². The Hall–Kier alpha value is -0.280. The van der Waals surface area contributed by atoms with Crippen LogP contribution < -0.4 is 0 Å². The smallest absolute Gasteiger partial charge is 0.189 e. The van der Waals surface area contributed by atoms with Crippen molar-refractivity contribution in [2.45, 2.75) is 30.2 Å². The Labute approximate surface area is 79.8 Å². The van der Waals surface area contributed by atoms with Crippen LogP contribution in [0.15, 0.2) is 0 Å². The Bertz CT molecular complexity index is 198. The van der Waals surface area contributed by atoms with E-state index in [0.29, 0.717) is 0 Å². The summed E-state index contributed by atoms with van der Waals surface area (Å²) in [5.74, 6) is 0. The van der Waals surface area contributed by atoms with E-state index in [0.717, 1.165) is 0 Å². The second-order valence-corrected chi connectivity index (χ2v) is 3.29. The average molecular weight is 210 g/mol. The summed E-state index contributed by atoms with van der Waals surface area (Å²) in [5, 5.41) is 54.8. The molecule has 0 aromatic heterocycles. The summed E-state index contributed by atoms with van der Waals surface area (Å²) >= 11 is 0. The quantitative estimate of drug-likeness (QED) is 0.275. The maximum atomic E-state index is 9.48. The van der Waals surface area contributed by atoms with Gasteiger partial charge in [-0.25, -0.2) is 0 Å². The van der Waals surface area contributed by atoms with E-state index in [9.17, 15) is 20.4 Å². The molecular formula is C7H14O7. The summed E-state index contributed by atoms with van der Waals surface area (Å²) in [7, 11) is 0. The van der Waals surface area contributed by atoms with Crippen LogP contribution in [0.25, 0.3) is 0 Å². The Balaban J connectivity index is 2.84. The first-order valence-corrected chi connectivity index (χ1v) is 4.11. The van der Waals surface area contributed by atoms with Gasteiger partial charge in [0.1, 0.15) is 18.3 Å². The molecule has 0 bridgehead atoms. The van der Waals surface area contributed by atoms with Crippen molar-refractivity contribution in [3.8, 4) is 0 Å². The summed E-state index contributed by atoms with van der Waals surface area (Å²) in [6.45, 7) is -1.58. The highest BCUT2D eigenvalue weighted by atomic mass is 16.6. The Morgan fingerprint density at radius 1 is 1.14 bits per heavy atom. The number of aliphatic hydroxyl groups excluding tert-OH is 5. The highest BCUT2D eigenvalue weighted by Gasteiger charge is 2.53. The van der Waals surface area contributed by atoms with Crippen LogP contribution in [0.2, 0.25) is 0 Å². The molecule has 1 fully saturated rings. The van der Waals surface area contributed by atoms with Gasteiger partial charge >= 0.3 is 0 Å². The monoisotopic (exact) mass is 210 g/mol. The van der Waals surface area contributed by atoms with Gasteiger partial charge in [0, 0.05) is 0 Å². The van der Waals surface area contributed by atoms with Crippen LogP contribution >= 0.6 is 0 Å². The first-order valence-electron chi connectivity index (χ1n) is 4.11. The molecule has 1 saturated heterocycles. The van der Waals surface area contributed by atoms with Gasteiger partial charge in [-0.3, -0.25) is 0 Å². The van der Waals surface area contributed by atoms with Gasteiger partial charge in [-0.15, -0.1) is 0 Å². The van der Waals surface area contributed by atoms with E-state index in [1.54, 1.807) is 0 Å². The molecule has 1 aliphatic rings. The SMILES string of the molecule is OC[C@H]1O[C@@H](O)[C@@](O)(CO)[C@H](O)[C@H]1O. The summed E-state index contributed by atoms with van der Waals surface area (Å²) in [6, 6.07) is 0. The Morgan fingerprint density at radius 3 is 2.14 bits per heavy atom. The zero-order valence-corrected chi connectivity index (χ0v) is 7.32. The van der Waals surface area contributed by atoms with Crippen LogP contribution in [0.1, 0.15) is 0 Å². The minimum absolute atomic E-state index is 0.614. The molecule has 0 radical (unpaired) electrons. The molecule has 1 rings (SSSR count). The summed E-state index contributed by atoms with van der Waals surface area (Å²) in [5.41, 5.74) is -2.33. The van der Waals surface area contributed by atoms with Gasteiger partial charge in [-0.2, -0.15) is 0 Å². The van der Waals surface area contributed by atoms with Crippen LogP contribution in [0.3, 0.4) is 0 Å². The second-order valence-electron chi connectivity index (χ2n) is 3.29. The molecule has 1 aliphatic heterocycles. The lowest BCUT2D eigenvalue weighted by Gasteiger charge is -2.44. The normalized spacial score (nSPS) is 49.3. The fourth-order valence-corrected chi connectivity index (χ4v) is 1.33. The maximum Gasteiger partial charge on any atom is 0.189 e. The second kappa shape index (κ2) is 4.07. The molecule has 84 valence electrons. The van der Waals surface area contributed by atoms with E-state index in [2.05, 4.69) is 4.74 Å². The van der Waals surface area contributed by atoms with Gasteiger partial charge in [0.2, 0.25) is 0 Å². The third-order valence-corrected chi connectivity index (χ3v) is 2.38. The Morgan fingerprint density at radius 2 is 1.71 bits per heavy atom. The van der Waals surface area contributed by atoms with Gasteiger partial charge in [-0.1, -0.05) is 0 Å². The number of ether oxygens (including phenoxy) is 1. The largest absolute Gasteiger partial charge is 0.394 e. The van der Waals surface area contributed by atoms with Crippen LogP contribution in [0.4, 0.5) is 0 Å². The van der Waals surface area contributed by atoms with Gasteiger partial charge < -0.3 is 35.4 Å². The molecule has 0 amide bonds. The molecule has 14 heavy (non-hydrogen) atoms. The van der Waals surface area contributed by atoms with Gasteiger partial charge in [0.15, 0.2) is 11.9 Å². The minimum Gasteiger partial charge on any atom is -0.394 e. The molecule has 0 aromatic rings. The first kappa shape index (κ1) is 11.8. The first-order chi connectivity index (χ1) is 6.47. The van der Waals surface area contributed by atoms with E-state index < -0.39 is 43.4 Å². The highest BCUT2D eigenvalue weighted by molar-refractivity contribution is 4.99. The molecule has 7 heteroatoms. The van der Waals surface area contributed by atoms with Crippen molar-refractivity contribution in [1.29, 1.82) is 0 Å². The van der Waals surface area contributed by atoms with Gasteiger partial charge in [-0.05, 0) is 0 Å². The predicted molar refractivity (Wildman–Crippen MR) is 42.0 cm³/mol. The topological polar surface area (TPSA) is 131 Å². The fraction of sp³-hybridized carbons (Fsp3) is 1.00. The van der Waals surface area contributed by atoms with E-state index in [1.165, 1.54) is 0 Å². The van der Waals surface area contributed by atoms with E-state index >= 15 is 0 Å². The molecule has 0 saturated carbocycles. The van der Waals surface area contributed by atoms with E-state index in [-0.39, 0.29) is 0 Å². The third kappa shape index (κ3) is 1.63. The van der Waals surface area contributed by atoms with Crippen molar-refractivity contribution < 1.29 is 35.4 Å². The highest BCUT2D eigenvalue weighted by Crippen LogP contribution is 2.28. The molecular weight excluding hydrogens is 196 g/mol. The number of aliphatic hydroxyl groups is 6. The molecule has 0 aromatic carbocycles. The lowest BCUT2D eigenvalue weighted by atomic mass is 9.87. The predicted octanol–water partition coefficient (Wildman–Crippen LogP) is -3.86. The average Bonchev–Trinajstić information content (AvgIpc) is 2.20. The number of hydrogen-bond donors (Lipinski definition) is 6. The zero-order chi connectivity index (χ0) is 10.9. The summed E-state index contributed by atoms with van der Waals surface area (Å²) < 4.78 is 4.61. The van der Waals surface area contributed by atoms with Crippen molar-refractivity contribution in [2.24, 2.45) is 0 Å². The van der Waals surface area contributed by atoms with Crippen molar-refractivity contribution in [2.75, 3.05) is 13.2 Å². The molecule has 1 heterocycles. The number of rotatable bonds is 2. The van der Waals surface area contributed by atoms with Crippen molar-refractivity contribution in [1.82, 2.24) is 0 Å². The van der Waals surface area contributed by atoms with Crippen molar-refractivity contribution >= 4 is 0 Å². The molecule has 6 N–H and O–H groups in total. The standard InChI is InChI=1S/C7H14O7/c8-1-3-4(10)5(11)7(13,2-9)6(12)14-3/h3-6,8-13H,1-2H2/t3-,4+,5-,6-,7-/m1/s1. The lowest BCUT2D eigenvalue weighted by Crippen LogP contribution is -2.68. The lowest BCUT2D eigenvalue weighted by molar-refractivity contribution is -0.335. The molecule has 0 unspecified atom stereocenters. The number of hydrogen-bond acceptors (Lipinski definition) is 7. The van der Waals surface area contributed by atoms with Crippen LogP contribution in [0, 0.1) is 0 Å². The van der Waals surface area contributed by atoms with E-state index in [1.807, 2.05) is 0 Å². The third-order valence-electron chi connectivity index (χ3n) is 2.38. The Kier molecular flexibility index (Phi) is 3.43. The maximum absolute atomic E-state index is 9.48. The van der Waals surface area contributed by atoms with E-state index in [4.69, 9.17) is 10.2 Å². The summed E-state index contributed by atoms with van der Waals surface area (Å²) in [6.07, 6.45) is -6.40. The van der Waals surface area contributed by atoms with Crippen molar-refractivity contribution in [3.05, 3.63) is 0 Å². The van der Waals surface area contributed by atoms with Gasteiger partial charge in [0.25, 0.3) is 0 Å². The van der Waals surface area contributed by atoms with Gasteiger partial charge in [0.05, 0.1) is 13.2 Å². The molecule has 7 nitrogen and oxygen atoms in total. The minimum atomic E-state index is -2.33. The van der Waals surface area contributed by atoms with Crippen LogP contribution in [-0.4, -0.2) is 74.1 Å². The zero-order valence-electron chi connectivity index (χ0n) is 7.32.